The third kappa shape index (κ3) is 3.46. The van der Waals surface area contributed by atoms with Crippen LogP contribution in [-0.4, -0.2) is 11.6 Å². The third-order valence-electron chi connectivity index (χ3n) is 5.45. The molecule has 140 valence electrons. The average molecular weight is 389 g/mol. The number of rotatable bonds is 5. The van der Waals surface area contributed by atoms with Crippen LogP contribution in [0.15, 0.2) is 90.0 Å². The van der Waals surface area contributed by atoms with Gasteiger partial charge in [-0.1, -0.05) is 84.4 Å². The Morgan fingerprint density at radius 1 is 0.929 bits per heavy atom. The molecular weight excluding hydrogens is 368 g/mol. The molecule has 4 rings (SSSR count). The van der Waals surface area contributed by atoms with E-state index in [1.165, 1.54) is 11.1 Å². The maximum absolute atomic E-state index is 12.9. The van der Waals surface area contributed by atoms with Crippen LogP contribution >= 0.6 is 11.6 Å². The summed E-state index contributed by atoms with van der Waals surface area (Å²) in [6.07, 6.45) is 0.780. The first-order chi connectivity index (χ1) is 13.6. The fraction of sp³-hybridized carbons (Fsp3) is 0.167. The van der Waals surface area contributed by atoms with Crippen molar-refractivity contribution in [3.8, 4) is 0 Å². The first-order valence-electron chi connectivity index (χ1n) is 9.32. The molecule has 1 unspecified atom stereocenters. The monoisotopic (exact) mass is 388 g/mol. The van der Waals surface area contributed by atoms with Gasteiger partial charge in [0.15, 0.2) is 0 Å². The van der Waals surface area contributed by atoms with E-state index in [4.69, 9.17) is 11.6 Å². The summed E-state index contributed by atoms with van der Waals surface area (Å²) in [5.41, 5.74) is 6.49. The Morgan fingerprint density at radius 2 is 1.46 bits per heavy atom. The van der Waals surface area contributed by atoms with Gasteiger partial charge in [0.25, 0.3) is 0 Å². The van der Waals surface area contributed by atoms with Gasteiger partial charge in [0, 0.05) is 10.4 Å². The van der Waals surface area contributed by atoms with Gasteiger partial charge in [-0.15, -0.1) is 0 Å². The minimum absolute atomic E-state index is 0.0546. The summed E-state index contributed by atoms with van der Waals surface area (Å²) < 4.78 is 0. The van der Waals surface area contributed by atoms with Gasteiger partial charge in [0.05, 0.1) is 11.6 Å². The van der Waals surface area contributed by atoms with Gasteiger partial charge in [0.2, 0.25) is 5.91 Å². The minimum atomic E-state index is -0.281. The van der Waals surface area contributed by atoms with Crippen molar-refractivity contribution < 1.29 is 4.79 Å². The molecular formula is C24H21ClN2O. The van der Waals surface area contributed by atoms with Crippen molar-refractivity contribution in [2.24, 2.45) is 11.0 Å². The van der Waals surface area contributed by atoms with Crippen molar-refractivity contribution in [3.63, 3.8) is 0 Å². The zero-order valence-electron chi connectivity index (χ0n) is 15.6. The number of carbonyl (C=O) groups is 1. The fourth-order valence-corrected chi connectivity index (χ4v) is 3.95. The Labute approximate surface area is 170 Å². The molecule has 4 heteroatoms. The normalized spacial score (nSPS) is 17.8. The molecule has 1 N–H and O–H groups in total. The van der Waals surface area contributed by atoms with E-state index in [0.717, 1.165) is 17.7 Å². The molecule has 0 radical (unpaired) electrons. The van der Waals surface area contributed by atoms with Gasteiger partial charge < -0.3 is 0 Å². The van der Waals surface area contributed by atoms with Gasteiger partial charge in [-0.2, -0.15) is 5.10 Å². The topological polar surface area (TPSA) is 41.5 Å². The molecule has 3 aromatic rings. The van der Waals surface area contributed by atoms with Crippen LogP contribution in [0.1, 0.15) is 30.0 Å². The lowest BCUT2D eigenvalue weighted by atomic mass is 9.85. The molecule has 1 atom stereocenters. The first kappa shape index (κ1) is 18.5. The highest BCUT2D eigenvalue weighted by Crippen LogP contribution is 2.58. The lowest BCUT2D eigenvalue weighted by Gasteiger charge is -2.18. The number of halogens is 1. The van der Waals surface area contributed by atoms with Crippen LogP contribution in [0.25, 0.3) is 0 Å². The summed E-state index contributed by atoms with van der Waals surface area (Å²) >= 11 is 5.93. The first-order valence-corrected chi connectivity index (χ1v) is 9.70. The number of hydrazone groups is 1. The summed E-state index contributed by atoms with van der Waals surface area (Å²) in [6.45, 7) is 1.87. The molecule has 0 spiro atoms. The van der Waals surface area contributed by atoms with Gasteiger partial charge in [-0.05, 0) is 42.2 Å². The molecule has 1 saturated carbocycles. The van der Waals surface area contributed by atoms with Gasteiger partial charge >= 0.3 is 0 Å². The summed E-state index contributed by atoms with van der Waals surface area (Å²) in [5.74, 6) is -0.194. The summed E-state index contributed by atoms with van der Waals surface area (Å²) in [5, 5.41) is 4.99. The van der Waals surface area contributed by atoms with Crippen LogP contribution in [0.2, 0.25) is 5.02 Å². The zero-order chi connectivity index (χ0) is 19.6. The standard InChI is InChI=1S/C24H21ClN2O/c1-17(18-12-14-21(25)15-13-18)26-27-23(28)22-16-24(22,19-8-4-2-5-9-19)20-10-6-3-7-11-20/h2-15,22H,16H2,1H3,(H,27,28). The predicted octanol–water partition coefficient (Wildman–Crippen LogP) is 5.19. The predicted molar refractivity (Wildman–Crippen MR) is 114 cm³/mol. The maximum Gasteiger partial charge on any atom is 0.244 e. The second-order valence-corrected chi connectivity index (χ2v) is 7.58. The largest absolute Gasteiger partial charge is 0.273 e. The molecule has 0 aromatic heterocycles. The van der Waals surface area contributed by atoms with E-state index in [-0.39, 0.29) is 17.2 Å². The lowest BCUT2D eigenvalue weighted by molar-refractivity contribution is -0.122. The van der Waals surface area contributed by atoms with E-state index in [1.807, 2.05) is 67.6 Å². The third-order valence-corrected chi connectivity index (χ3v) is 5.70. The summed E-state index contributed by atoms with van der Waals surface area (Å²) in [7, 11) is 0. The Hall–Kier alpha value is -2.91. The van der Waals surface area contributed by atoms with Crippen molar-refractivity contribution in [1.82, 2.24) is 5.43 Å². The number of amides is 1. The van der Waals surface area contributed by atoms with Crippen LogP contribution < -0.4 is 5.43 Å². The summed E-state index contributed by atoms with van der Waals surface area (Å²) in [4.78, 5) is 12.9. The Kier molecular flexibility index (Phi) is 5.01. The van der Waals surface area contributed by atoms with E-state index in [0.29, 0.717) is 5.02 Å². The molecule has 1 fully saturated rings. The van der Waals surface area contributed by atoms with Crippen LogP contribution in [0.4, 0.5) is 0 Å². The minimum Gasteiger partial charge on any atom is -0.273 e. The van der Waals surface area contributed by atoms with Gasteiger partial charge in [0.1, 0.15) is 0 Å². The van der Waals surface area contributed by atoms with Crippen molar-refractivity contribution >= 4 is 23.2 Å². The molecule has 1 amide bonds. The second-order valence-electron chi connectivity index (χ2n) is 7.14. The molecule has 0 aliphatic heterocycles. The molecule has 28 heavy (non-hydrogen) atoms. The van der Waals surface area contributed by atoms with Crippen LogP contribution in [0.3, 0.4) is 0 Å². The molecule has 0 bridgehead atoms. The van der Waals surface area contributed by atoms with E-state index < -0.39 is 0 Å². The molecule has 3 nitrogen and oxygen atoms in total. The Balaban J connectivity index is 1.56. The molecule has 0 heterocycles. The number of hydrogen-bond donors (Lipinski definition) is 1. The molecule has 1 aliphatic rings. The van der Waals surface area contributed by atoms with E-state index >= 15 is 0 Å². The van der Waals surface area contributed by atoms with Crippen LogP contribution in [-0.2, 0) is 10.2 Å². The van der Waals surface area contributed by atoms with Crippen molar-refractivity contribution in [3.05, 3.63) is 107 Å². The number of benzene rings is 3. The van der Waals surface area contributed by atoms with E-state index in [9.17, 15) is 4.79 Å². The Morgan fingerprint density at radius 3 is 2.00 bits per heavy atom. The van der Waals surface area contributed by atoms with E-state index in [1.54, 1.807) is 0 Å². The van der Waals surface area contributed by atoms with Gasteiger partial charge in [-0.25, -0.2) is 5.43 Å². The highest BCUT2D eigenvalue weighted by Gasteiger charge is 2.60. The van der Waals surface area contributed by atoms with Crippen molar-refractivity contribution in [2.75, 3.05) is 0 Å². The maximum atomic E-state index is 12.9. The lowest BCUT2D eigenvalue weighted by Crippen LogP contribution is -2.26. The highest BCUT2D eigenvalue weighted by molar-refractivity contribution is 6.30. The zero-order valence-corrected chi connectivity index (χ0v) is 16.4. The van der Waals surface area contributed by atoms with E-state index in [2.05, 4.69) is 34.8 Å². The number of carbonyl (C=O) groups excluding carboxylic acids is 1. The Bertz CT molecular complexity index is 958. The quantitative estimate of drug-likeness (QED) is 0.474. The molecule has 1 aliphatic carbocycles. The number of nitrogens with one attached hydrogen (secondary N) is 1. The molecule has 3 aromatic carbocycles. The van der Waals surface area contributed by atoms with Crippen LogP contribution in [0, 0.1) is 5.92 Å². The van der Waals surface area contributed by atoms with Crippen LogP contribution in [0.5, 0.6) is 0 Å². The summed E-state index contributed by atoms with van der Waals surface area (Å²) in [6, 6.07) is 27.9. The smallest absolute Gasteiger partial charge is 0.244 e. The van der Waals surface area contributed by atoms with Gasteiger partial charge in [-0.3, -0.25) is 4.79 Å². The van der Waals surface area contributed by atoms with Crippen molar-refractivity contribution in [2.45, 2.75) is 18.8 Å². The number of hydrogen-bond acceptors (Lipinski definition) is 2. The number of nitrogens with zero attached hydrogens (tertiary/aromatic N) is 1. The molecule has 0 saturated heterocycles. The second kappa shape index (κ2) is 7.61. The average Bonchev–Trinajstić information content (AvgIpc) is 3.51. The fourth-order valence-electron chi connectivity index (χ4n) is 3.83. The van der Waals surface area contributed by atoms with Crippen molar-refractivity contribution in [1.29, 1.82) is 0 Å². The SMILES string of the molecule is CC(=NNC(=O)C1CC1(c1ccccc1)c1ccccc1)c1ccc(Cl)cc1. The highest BCUT2D eigenvalue weighted by atomic mass is 35.5.